The van der Waals surface area contributed by atoms with Crippen LogP contribution in [0.15, 0.2) is 70.8 Å². The van der Waals surface area contributed by atoms with Crippen LogP contribution in [-0.2, 0) is 0 Å². The van der Waals surface area contributed by atoms with E-state index in [9.17, 15) is 0 Å². The van der Waals surface area contributed by atoms with Crippen LogP contribution in [0.3, 0.4) is 0 Å². The van der Waals surface area contributed by atoms with E-state index in [0.717, 1.165) is 22.3 Å². The lowest BCUT2D eigenvalue weighted by atomic mass is 10.0. The Labute approximate surface area is 124 Å². The van der Waals surface area contributed by atoms with Gasteiger partial charge >= 0.3 is 0 Å². The zero-order valence-electron chi connectivity index (χ0n) is 12.1. The first-order valence-electron chi connectivity index (χ1n) is 6.88. The maximum absolute atomic E-state index is 5.48. The van der Waals surface area contributed by atoms with Crippen LogP contribution in [0.2, 0.25) is 0 Å². The number of benzene rings is 2. The van der Waals surface area contributed by atoms with Crippen LogP contribution >= 0.6 is 0 Å². The summed E-state index contributed by atoms with van der Waals surface area (Å²) in [5.41, 5.74) is 4.17. The van der Waals surface area contributed by atoms with Crippen molar-refractivity contribution < 1.29 is 4.52 Å². The number of hydrogen-bond donors (Lipinski definition) is 0. The molecule has 0 aliphatic carbocycles. The number of nitrogens with zero attached hydrogens (tertiary/aromatic N) is 2. The summed E-state index contributed by atoms with van der Waals surface area (Å²) >= 11 is 0. The molecule has 2 aromatic carbocycles. The normalized spacial score (nSPS) is 10.4. The van der Waals surface area contributed by atoms with Crippen molar-refractivity contribution >= 4 is 5.57 Å². The fraction of sp³-hybridized carbons (Fsp3) is 0.111. The molecule has 3 aromatic rings. The Hall–Kier alpha value is -2.68. The van der Waals surface area contributed by atoms with Gasteiger partial charge in [0.05, 0.1) is 0 Å². The predicted octanol–water partition coefficient (Wildman–Crippen LogP) is 4.58. The minimum Gasteiger partial charge on any atom is -0.334 e. The quantitative estimate of drug-likeness (QED) is 0.703. The summed E-state index contributed by atoms with van der Waals surface area (Å²) in [7, 11) is 0. The molecule has 0 aliphatic rings. The van der Waals surface area contributed by atoms with Gasteiger partial charge in [-0.25, -0.2) is 0 Å². The third-order valence-electron chi connectivity index (χ3n) is 3.23. The molecular weight excluding hydrogens is 260 g/mol. The van der Waals surface area contributed by atoms with Crippen molar-refractivity contribution in [1.82, 2.24) is 10.1 Å². The van der Waals surface area contributed by atoms with Gasteiger partial charge in [-0.2, -0.15) is 4.98 Å². The molecule has 1 aromatic heterocycles. The summed E-state index contributed by atoms with van der Waals surface area (Å²) in [4.78, 5) is 4.54. The number of hydrogen-bond acceptors (Lipinski definition) is 3. The highest BCUT2D eigenvalue weighted by Gasteiger charge is 2.15. The highest BCUT2D eigenvalue weighted by molar-refractivity contribution is 5.78. The van der Waals surface area contributed by atoms with Gasteiger partial charge < -0.3 is 4.52 Å². The molecule has 0 saturated heterocycles. The summed E-state index contributed by atoms with van der Waals surface area (Å²) in [6, 6.07) is 19.9. The molecule has 3 rings (SSSR count). The Balaban J connectivity index is 2.04. The smallest absolute Gasteiger partial charge is 0.258 e. The zero-order chi connectivity index (χ0) is 14.7. The topological polar surface area (TPSA) is 38.9 Å². The molecule has 3 heteroatoms. The van der Waals surface area contributed by atoms with Gasteiger partial charge in [0.1, 0.15) is 0 Å². The van der Waals surface area contributed by atoms with Gasteiger partial charge in [0.2, 0.25) is 5.82 Å². The van der Waals surface area contributed by atoms with Crippen LogP contribution in [0.4, 0.5) is 0 Å². The van der Waals surface area contributed by atoms with E-state index in [-0.39, 0.29) is 0 Å². The summed E-state index contributed by atoms with van der Waals surface area (Å²) in [5, 5.41) is 4.09. The van der Waals surface area contributed by atoms with Crippen LogP contribution in [0.5, 0.6) is 0 Å². The molecule has 0 fully saturated rings. The second-order valence-corrected chi connectivity index (χ2v) is 5.03. The van der Waals surface area contributed by atoms with Crippen LogP contribution in [0, 0.1) is 0 Å². The molecule has 0 aliphatic heterocycles. The Bertz CT molecular complexity index is 754. The van der Waals surface area contributed by atoms with Crippen LogP contribution in [-0.4, -0.2) is 10.1 Å². The molecule has 0 spiro atoms. The molecule has 21 heavy (non-hydrogen) atoms. The van der Waals surface area contributed by atoms with Crippen molar-refractivity contribution in [3.63, 3.8) is 0 Å². The third kappa shape index (κ3) is 2.77. The van der Waals surface area contributed by atoms with Crippen molar-refractivity contribution in [2.75, 3.05) is 0 Å². The molecular formula is C18H16N2O. The lowest BCUT2D eigenvalue weighted by Crippen LogP contribution is -1.91. The van der Waals surface area contributed by atoms with Gasteiger partial charge in [0.25, 0.3) is 5.89 Å². The monoisotopic (exact) mass is 276 g/mol. The van der Waals surface area contributed by atoms with Gasteiger partial charge in [0.15, 0.2) is 0 Å². The summed E-state index contributed by atoms with van der Waals surface area (Å²) in [5.74, 6) is 1.17. The van der Waals surface area contributed by atoms with Crippen molar-refractivity contribution in [3.05, 3.63) is 77.7 Å². The first-order chi connectivity index (χ1) is 10.3. The molecule has 1 heterocycles. The van der Waals surface area contributed by atoms with Gasteiger partial charge in [-0.1, -0.05) is 71.4 Å². The highest BCUT2D eigenvalue weighted by atomic mass is 16.5. The van der Waals surface area contributed by atoms with Gasteiger partial charge in [-0.15, -0.1) is 0 Å². The molecule has 0 amide bonds. The highest BCUT2D eigenvalue weighted by Crippen LogP contribution is 2.27. The van der Waals surface area contributed by atoms with E-state index < -0.39 is 0 Å². The van der Waals surface area contributed by atoms with E-state index >= 15 is 0 Å². The number of aromatic nitrogens is 2. The molecule has 0 unspecified atom stereocenters. The molecule has 0 bridgehead atoms. The van der Waals surface area contributed by atoms with E-state index in [2.05, 4.69) is 36.1 Å². The van der Waals surface area contributed by atoms with E-state index in [1.807, 2.05) is 48.5 Å². The van der Waals surface area contributed by atoms with Gasteiger partial charge in [-0.3, -0.25) is 0 Å². The Morgan fingerprint density at radius 3 is 2.10 bits per heavy atom. The number of allylic oxidation sites excluding steroid dienone is 1. The number of rotatable bonds is 3. The molecule has 0 saturated carbocycles. The summed E-state index contributed by atoms with van der Waals surface area (Å²) in [6.07, 6.45) is 0. The largest absolute Gasteiger partial charge is 0.334 e. The standard InChI is InChI=1S/C18H16N2O/c1-13(2)16(14-9-5-3-6-10-14)18-19-17(20-21-18)15-11-7-4-8-12-15/h3-12H,1-2H3. The molecule has 0 atom stereocenters. The van der Waals surface area contributed by atoms with Gasteiger partial charge in [-0.05, 0) is 19.4 Å². The predicted molar refractivity (Wildman–Crippen MR) is 83.5 cm³/mol. The fourth-order valence-corrected chi connectivity index (χ4v) is 2.26. The van der Waals surface area contributed by atoms with Gasteiger partial charge in [0, 0.05) is 11.1 Å². The van der Waals surface area contributed by atoms with Crippen molar-refractivity contribution in [2.45, 2.75) is 13.8 Å². The molecule has 104 valence electrons. The maximum Gasteiger partial charge on any atom is 0.258 e. The Kier molecular flexibility index (Phi) is 3.65. The van der Waals surface area contributed by atoms with Crippen LogP contribution in [0.25, 0.3) is 17.0 Å². The minimum atomic E-state index is 0.556. The first kappa shape index (κ1) is 13.3. The second kappa shape index (κ2) is 5.75. The molecule has 0 radical (unpaired) electrons. The second-order valence-electron chi connectivity index (χ2n) is 5.03. The molecule has 0 N–H and O–H groups in total. The van der Waals surface area contributed by atoms with E-state index in [4.69, 9.17) is 4.52 Å². The van der Waals surface area contributed by atoms with Crippen molar-refractivity contribution in [2.24, 2.45) is 0 Å². The van der Waals surface area contributed by atoms with E-state index in [1.165, 1.54) is 0 Å². The van der Waals surface area contributed by atoms with Crippen molar-refractivity contribution in [3.8, 4) is 11.4 Å². The first-order valence-corrected chi connectivity index (χ1v) is 6.88. The average Bonchev–Trinajstić information content (AvgIpc) is 2.98. The minimum absolute atomic E-state index is 0.556. The lowest BCUT2D eigenvalue weighted by molar-refractivity contribution is 0.408. The average molecular weight is 276 g/mol. The Morgan fingerprint density at radius 1 is 0.857 bits per heavy atom. The van der Waals surface area contributed by atoms with Crippen LogP contribution < -0.4 is 0 Å². The third-order valence-corrected chi connectivity index (χ3v) is 3.23. The molecule has 3 nitrogen and oxygen atoms in total. The zero-order valence-corrected chi connectivity index (χ0v) is 12.1. The van der Waals surface area contributed by atoms with E-state index in [0.29, 0.717) is 11.7 Å². The Morgan fingerprint density at radius 2 is 1.48 bits per heavy atom. The van der Waals surface area contributed by atoms with Crippen LogP contribution in [0.1, 0.15) is 25.3 Å². The maximum atomic E-state index is 5.48. The SMILES string of the molecule is CC(C)=C(c1ccccc1)c1nc(-c2ccccc2)no1. The van der Waals surface area contributed by atoms with E-state index in [1.54, 1.807) is 0 Å². The lowest BCUT2D eigenvalue weighted by Gasteiger charge is -2.05. The fourth-order valence-electron chi connectivity index (χ4n) is 2.26. The summed E-state index contributed by atoms with van der Waals surface area (Å²) < 4.78 is 5.48. The van der Waals surface area contributed by atoms with Crippen molar-refractivity contribution in [1.29, 1.82) is 0 Å². The summed E-state index contributed by atoms with van der Waals surface area (Å²) in [6.45, 7) is 4.10.